The number of aliphatic hydroxyl groups is 6. The molecule has 0 radical (unpaired) electrons. The summed E-state index contributed by atoms with van der Waals surface area (Å²) in [6, 6.07) is 0. The number of aliphatic hydroxyl groups excluding tert-OH is 6. The molecule has 0 aromatic rings. The van der Waals surface area contributed by atoms with Crippen LogP contribution in [-0.4, -0.2) is 220 Å². The second-order valence-corrected chi connectivity index (χ2v) is 25.9. The highest BCUT2D eigenvalue weighted by Gasteiger charge is 2.63. The van der Waals surface area contributed by atoms with Gasteiger partial charge < -0.3 is 92.2 Å². The van der Waals surface area contributed by atoms with Crippen molar-refractivity contribution in [2.75, 3.05) is 13.2 Å². The summed E-state index contributed by atoms with van der Waals surface area (Å²) >= 11 is 0. The average Bonchev–Trinajstić information content (AvgIpc) is 3.89. The molecule has 0 bridgehead atoms. The van der Waals surface area contributed by atoms with Gasteiger partial charge in [0, 0.05) is 43.9 Å². The molecule has 13 aliphatic heterocycles. The molecule has 6 unspecified atom stereocenters. The Kier molecular flexibility index (Phi) is 15.9. The fourth-order valence-electron chi connectivity index (χ4n) is 15.9. The molecule has 79 heavy (non-hydrogen) atoms. The van der Waals surface area contributed by atoms with Crippen LogP contribution in [-0.2, 0) is 61.6 Å². The molecular formula is C60H86O19. The van der Waals surface area contributed by atoms with Crippen LogP contribution in [0.15, 0.2) is 60.8 Å². The maximum absolute atomic E-state index is 12.4. The van der Waals surface area contributed by atoms with Crippen molar-refractivity contribution in [2.45, 2.75) is 275 Å². The van der Waals surface area contributed by atoms with Crippen molar-refractivity contribution in [3.05, 3.63) is 60.8 Å². The van der Waals surface area contributed by atoms with Crippen LogP contribution in [0.2, 0.25) is 0 Å². The van der Waals surface area contributed by atoms with E-state index in [-0.39, 0.29) is 79.1 Å². The van der Waals surface area contributed by atoms with Crippen LogP contribution in [0.3, 0.4) is 0 Å². The Morgan fingerprint density at radius 1 is 0.519 bits per heavy atom. The fraction of sp³-hybridized carbons (Fsp3) is 0.833. The molecule has 19 nitrogen and oxygen atoms in total. The summed E-state index contributed by atoms with van der Waals surface area (Å²) < 4.78 is 89.0. The van der Waals surface area contributed by atoms with E-state index in [1.54, 1.807) is 6.08 Å². The maximum Gasteiger partial charge on any atom is 0.174 e. The van der Waals surface area contributed by atoms with Gasteiger partial charge in [0.2, 0.25) is 0 Å². The standard InChI is InChI=1S/C60H86O19/c1-28-19-42-44(22-48-54(76-42)30(3)52(65)58-55(77-48)29(2)31(4)60(79-58)25-33(63)27-67-60)73-46-24-51-59(5,78-47(46)20-28)50(64)23-45-36(74-51)11-7-6-10-35-37(71-45)15-16-39-38(69-35)17-18-40-43(70-39)21-49-57(75-40)53(66)56-41(72-49)12-8-9-34(68-56)14-13-32(62)26-61/h6-9,13-18,28-58,61-66H,10-12,19-27H2,1-5H3/b7-6-,14-13+/t28-,29+,30?,31+,32?,33?,34-,35-,36+,37+,38+,39-,40-,41+,42+,43?,44-,45-,46+,47-,48+,49-,50?,51-,52?,53-,54-,55-,56+,57-,58+,59+,60-/m1/s1. The number of ether oxygens (including phenoxy) is 13. The van der Waals surface area contributed by atoms with E-state index in [9.17, 15) is 30.6 Å². The molecule has 9 fully saturated rings. The first-order chi connectivity index (χ1) is 38.0. The number of hydrogen-bond donors (Lipinski definition) is 6. The van der Waals surface area contributed by atoms with Crippen molar-refractivity contribution in [1.29, 1.82) is 0 Å². The van der Waals surface area contributed by atoms with Gasteiger partial charge in [0.1, 0.15) is 54.4 Å². The molecule has 1 spiro atoms. The monoisotopic (exact) mass is 1110 g/mol. The van der Waals surface area contributed by atoms with Crippen molar-refractivity contribution < 1.29 is 92.2 Å². The summed E-state index contributed by atoms with van der Waals surface area (Å²) in [5.74, 6) is -1.19. The summed E-state index contributed by atoms with van der Waals surface area (Å²) in [5, 5.41) is 65.9. The average molecular weight is 1110 g/mol. The molecule has 13 rings (SSSR count). The Balaban J connectivity index is 0.677. The third-order valence-corrected chi connectivity index (χ3v) is 20.6. The Morgan fingerprint density at radius 2 is 1.14 bits per heavy atom. The third-order valence-electron chi connectivity index (χ3n) is 20.6. The summed E-state index contributed by atoms with van der Waals surface area (Å²) in [7, 11) is 0. The normalized spacial score (nSPS) is 56.8. The first-order valence-corrected chi connectivity index (χ1v) is 30.0. The summed E-state index contributed by atoms with van der Waals surface area (Å²) in [6.45, 7) is 10.3. The molecule has 0 aliphatic carbocycles. The van der Waals surface area contributed by atoms with E-state index in [1.165, 1.54) is 6.08 Å². The Morgan fingerprint density at radius 3 is 1.91 bits per heavy atom. The Labute approximate surface area is 463 Å². The second kappa shape index (κ2) is 22.4. The van der Waals surface area contributed by atoms with Crippen molar-refractivity contribution in [3.63, 3.8) is 0 Å². The van der Waals surface area contributed by atoms with Gasteiger partial charge in [-0.05, 0) is 50.9 Å². The molecule has 13 aliphatic rings. The molecule has 33 atom stereocenters. The van der Waals surface area contributed by atoms with Crippen LogP contribution in [0.5, 0.6) is 0 Å². The highest BCUT2D eigenvalue weighted by molar-refractivity contribution is 5.18. The van der Waals surface area contributed by atoms with Gasteiger partial charge in [-0.15, -0.1) is 0 Å². The predicted octanol–water partition coefficient (Wildman–Crippen LogP) is 2.97. The first kappa shape index (κ1) is 56.1. The smallest absolute Gasteiger partial charge is 0.174 e. The zero-order valence-corrected chi connectivity index (χ0v) is 46.1. The highest BCUT2D eigenvalue weighted by atomic mass is 16.7. The SMILES string of the molecule is CC1C(O)[C@@H]2O[C@]3(CC(O)CO3)[C@@H](C)[C@H](C)[C@H]2O[C@H]2C[C@H]3O[C@H]4C[C@H]5O[C@H]6C/C=C\C[C@H]7O[C@H]8C=C[C@H]9O[C@H]%10[C@H](O)[C@H]%11O[C@@H](/C=C/C(O)CO)C=CC[C@@H]%11O[C@@H]%10CC9O[C@@H]8C=C[C@@H]7O[C@@H]6CC(O)[C@]5(C)O[C@@H]4C[C@H](C)C[C@@H]3O[C@H]12. The zero-order chi connectivity index (χ0) is 54.6. The van der Waals surface area contributed by atoms with E-state index in [0.717, 1.165) is 6.42 Å². The minimum atomic E-state index is -1.04. The fourth-order valence-corrected chi connectivity index (χ4v) is 15.9. The van der Waals surface area contributed by atoms with Gasteiger partial charge in [0.05, 0.1) is 129 Å². The third kappa shape index (κ3) is 10.5. The van der Waals surface area contributed by atoms with Gasteiger partial charge >= 0.3 is 0 Å². The molecule has 19 heteroatoms. The van der Waals surface area contributed by atoms with Crippen molar-refractivity contribution in [1.82, 2.24) is 0 Å². The van der Waals surface area contributed by atoms with E-state index in [0.29, 0.717) is 57.8 Å². The number of hydrogen-bond acceptors (Lipinski definition) is 19. The second-order valence-electron chi connectivity index (χ2n) is 25.9. The van der Waals surface area contributed by atoms with Crippen LogP contribution in [0.1, 0.15) is 98.8 Å². The maximum atomic E-state index is 12.4. The largest absolute Gasteiger partial charge is 0.393 e. The molecule has 440 valence electrons. The molecule has 13 heterocycles. The lowest BCUT2D eigenvalue weighted by Crippen LogP contribution is -2.63. The van der Waals surface area contributed by atoms with Gasteiger partial charge in [-0.2, -0.15) is 0 Å². The van der Waals surface area contributed by atoms with Crippen LogP contribution >= 0.6 is 0 Å². The molecule has 0 aromatic carbocycles. The number of rotatable bonds is 3. The topological polar surface area (TPSA) is 241 Å². The van der Waals surface area contributed by atoms with Crippen LogP contribution in [0.25, 0.3) is 0 Å². The van der Waals surface area contributed by atoms with Gasteiger partial charge in [0.15, 0.2) is 5.79 Å². The summed E-state index contributed by atoms with van der Waals surface area (Å²) in [4.78, 5) is 0. The van der Waals surface area contributed by atoms with E-state index < -0.39 is 134 Å². The molecular weight excluding hydrogens is 1020 g/mol. The lowest BCUT2D eigenvalue weighted by Gasteiger charge is -2.53. The Hall–Kier alpha value is -2.06. The molecule has 0 saturated carbocycles. The van der Waals surface area contributed by atoms with Gasteiger partial charge in [-0.1, -0.05) is 88.5 Å². The summed E-state index contributed by atoms with van der Waals surface area (Å²) in [6.07, 6.45) is 10.5. The lowest BCUT2D eigenvalue weighted by molar-refractivity contribution is -0.339. The zero-order valence-electron chi connectivity index (χ0n) is 46.1. The van der Waals surface area contributed by atoms with Gasteiger partial charge in [-0.25, -0.2) is 0 Å². The van der Waals surface area contributed by atoms with E-state index in [1.807, 2.05) is 50.3 Å². The lowest BCUT2D eigenvalue weighted by atomic mass is 9.75. The minimum absolute atomic E-state index is 0.0318. The van der Waals surface area contributed by atoms with Crippen LogP contribution < -0.4 is 0 Å². The molecule has 9 saturated heterocycles. The highest BCUT2D eigenvalue weighted by Crippen LogP contribution is 2.52. The van der Waals surface area contributed by atoms with Crippen molar-refractivity contribution in [2.24, 2.45) is 23.7 Å². The van der Waals surface area contributed by atoms with Gasteiger partial charge in [0.25, 0.3) is 0 Å². The molecule has 0 aromatic heterocycles. The van der Waals surface area contributed by atoms with Crippen LogP contribution in [0.4, 0.5) is 0 Å². The molecule has 6 N–H and O–H groups in total. The van der Waals surface area contributed by atoms with Gasteiger partial charge in [-0.3, -0.25) is 0 Å². The van der Waals surface area contributed by atoms with E-state index in [2.05, 4.69) is 32.9 Å². The van der Waals surface area contributed by atoms with Crippen LogP contribution in [0, 0.1) is 23.7 Å². The van der Waals surface area contributed by atoms with E-state index >= 15 is 0 Å². The van der Waals surface area contributed by atoms with Crippen molar-refractivity contribution >= 4 is 0 Å². The first-order valence-electron chi connectivity index (χ1n) is 30.0. The van der Waals surface area contributed by atoms with E-state index in [4.69, 9.17) is 61.6 Å². The summed E-state index contributed by atoms with van der Waals surface area (Å²) in [5.41, 5.74) is -1.04. The predicted molar refractivity (Wildman–Crippen MR) is 279 cm³/mol. The Bertz CT molecular complexity index is 2300. The number of fused-ring (bicyclic) bond motifs is 11. The minimum Gasteiger partial charge on any atom is -0.393 e. The quantitative estimate of drug-likeness (QED) is 0.223. The molecule has 0 amide bonds. The van der Waals surface area contributed by atoms with Crippen molar-refractivity contribution in [3.8, 4) is 0 Å².